The van der Waals surface area contributed by atoms with Crippen molar-refractivity contribution in [1.82, 2.24) is 14.5 Å². The van der Waals surface area contributed by atoms with E-state index in [-0.39, 0.29) is 6.79 Å². The van der Waals surface area contributed by atoms with E-state index < -0.39 is 0 Å². The first-order valence-corrected chi connectivity index (χ1v) is 13.2. The van der Waals surface area contributed by atoms with Crippen molar-refractivity contribution in [3.05, 3.63) is 90.3 Å². The first-order chi connectivity index (χ1) is 18.7. The summed E-state index contributed by atoms with van der Waals surface area (Å²) in [5, 5.41) is 0. The number of methoxy groups -OCH3 is 1. The van der Waals surface area contributed by atoms with Crippen LogP contribution in [-0.4, -0.2) is 41.5 Å². The number of hydrogen-bond donors (Lipinski definition) is 0. The van der Waals surface area contributed by atoms with E-state index in [1.807, 2.05) is 42.6 Å². The largest absolute Gasteiger partial charge is 0.497 e. The second-order valence-electron chi connectivity index (χ2n) is 9.37. The maximum Gasteiger partial charge on any atom is 0.231 e. The van der Waals surface area contributed by atoms with Crippen molar-refractivity contribution in [2.45, 2.75) is 39.4 Å². The second-order valence-corrected chi connectivity index (χ2v) is 9.37. The Hall–Kier alpha value is -3.97. The van der Waals surface area contributed by atoms with Crippen LogP contribution in [0, 0.1) is 0 Å². The molecule has 0 saturated carbocycles. The van der Waals surface area contributed by atoms with Crippen LogP contribution in [0.5, 0.6) is 23.0 Å². The summed E-state index contributed by atoms with van der Waals surface area (Å²) in [5.74, 6) is 4.20. The molecule has 0 aliphatic carbocycles. The number of imidazole rings is 1. The first kappa shape index (κ1) is 25.7. The van der Waals surface area contributed by atoms with Gasteiger partial charge in [-0.15, -0.1) is 0 Å². The fourth-order valence-corrected chi connectivity index (χ4v) is 4.64. The van der Waals surface area contributed by atoms with Crippen molar-refractivity contribution in [3.8, 4) is 34.4 Å². The molecule has 7 nitrogen and oxygen atoms in total. The number of benzene rings is 3. The van der Waals surface area contributed by atoms with Gasteiger partial charge in [-0.2, -0.15) is 0 Å². The molecule has 0 spiro atoms. The van der Waals surface area contributed by atoms with E-state index in [0.29, 0.717) is 6.61 Å². The smallest absolute Gasteiger partial charge is 0.231 e. The summed E-state index contributed by atoms with van der Waals surface area (Å²) in [6.07, 6.45) is 4.25. The van der Waals surface area contributed by atoms with Crippen molar-refractivity contribution in [1.29, 1.82) is 0 Å². The lowest BCUT2D eigenvalue weighted by Gasteiger charge is -2.24. The first-order valence-electron chi connectivity index (χ1n) is 13.2. The van der Waals surface area contributed by atoms with Gasteiger partial charge < -0.3 is 23.5 Å². The standard InChI is InChI=1S/C31H35N3O4/c1-3-4-15-34-26(20-32-31(34)25-9-6-5-7-10-25)22-33(16-17-36-28-12-8-11-27(19-28)35-2)21-24-13-14-29-30(18-24)38-23-37-29/h5-14,18-20H,3-4,15-17,21-23H2,1-2H3. The molecule has 1 aliphatic heterocycles. The van der Waals surface area contributed by atoms with Gasteiger partial charge in [-0.25, -0.2) is 4.98 Å². The number of nitrogens with zero attached hydrogens (tertiary/aromatic N) is 3. The molecule has 4 aromatic rings. The van der Waals surface area contributed by atoms with Crippen LogP contribution in [0.2, 0.25) is 0 Å². The molecule has 0 atom stereocenters. The molecular weight excluding hydrogens is 478 g/mol. The topological polar surface area (TPSA) is 58.0 Å². The quantitative estimate of drug-likeness (QED) is 0.213. The molecule has 5 rings (SSSR count). The summed E-state index contributed by atoms with van der Waals surface area (Å²) in [6.45, 7) is 6.22. The number of aromatic nitrogens is 2. The normalized spacial score (nSPS) is 12.2. The summed E-state index contributed by atoms with van der Waals surface area (Å²) in [7, 11) is 1.66. The molecule has 0 amide bonds. The summed E-state index contributed by atoms with van der Waals surface area (Å²) < 4.78 is 24.9. The summed E-state index contributed by atoms with van der Waals surface area (Å²) >= 11 is 0. The number of rotatable bonds is 13. The fraction of sp³-hybridized carbons (Fsp3) is 0.323. The predicted molar refractivity (Wildman–Crippen MR) is 148 cm³/mol. The number of fused-ring (bicyclic) bond motifs is 1. The van der Waals surface area contributed by atoms with Crippen molar-refractivity contribution in [3.63, 3.8) is 0 Å². The minimum absolute atomic E-state index is 0.274. The van der Waals surface area contributed by atoms with Crippen LogP contribution in [0.15, 0.2) is 79.0 Å². The summed E-state index contributed by atoms with van der Waals surface area (Å²) in [4.78, 5) is 7.24. The second kappa shape index (κ2) is 12.5. The molecule has 2 heterocycles. The van der Waals surface area contributed by atoms with Gasteiger partial charge >= 0.3 is 0 Å². The van der Waals surface area contributed by atoms with E-state index in [9.17, 15) is 0 Å². The highest BCUT2D eigenvalue weighted by Gasteiger charge is 2.18. The molecule has 38 heavy (non-hydrogen) atoms. The van der Waals surface area contributed by atoms with Gasteiger partial charge in [-0.05, 0) is 36.2 Å². The van der Waals surface area contributed by atoms with E-state index in [4.69, 9.17) is 23.9 Å². The molecule has 198 valence electrons. The highest BCUT2D eigenvalue weighted by atomic mass is 16.7. The Morgan fingerprint density at radius 3 is 2.61 bits per heavy atom. The zero-order valence-corrected chi connectivity index (χ0v) is 22.1. The molecule has 1 aromatic heterocycles. The maximum absolute atomic E-state index is 6.11. The Morgan fingerprint density at radius 1 is 0.921 bits per heavy atom. The van der Waals surface area contributed by atoms with E-state index >= 15 is 0 Å². The third-order valence-electron chi connectivity index (χ3n) is 6.65. The molecule has 0 fully saturated rings. The Kier molecular flexibility index (Phi) is 8.46. The molecule has 7 heteroatoms. The highest BCUT2D eigenvalue weighted by Crippen LogP contribution is 2.33. The van der Waals surface area contributed by atoms with Gasteiger partial charge in [0.05, 0.1) is 19.0 Å². The number of hydrogen-bond acceptors (Lipinski definition) is 6. The average Bonchev–Trinajstić information content (AvgIpc) is 3.59. The summed E-state index contributed by atoms with van der Waals surface area (Å²) in [6, 6.07) is 24.3. The number of ether oxygens (including phenoxy) is 4. The molecule has 0 unspecified atom stereocenters. The molecule has 0 N–H and O–H groups in total. The van der Waals surface area contributed by atoms with Gasteiger partial charge in [-0.3, -0.25) is 4.90 Å². The van der Waals surface area contributed by atoms with E-state index in [1.165, 1.54) is 11.3 Å². The SMILES string of the molecule is CCCCn1c(CN(CCOc2cccc(OC)c2)Cc2ccc3c(c2)OCO3)cnc1-c1ccccc1. The van der Waals surface area contributed by atoms with Crippen LogP contribution >= 0.6 is 0 Å². The van der Waals surface area contributed by atoms with Crippen LogP contribution in [-0.2, 0) is 19.6 Å². The molecular formula is C31H35N3O4. The molecule has 0 radical (unpaired) electrons. The van der Waals surface area contributed by atoms with Gasteiger partial charge in [0.2, 0.25) is 6.79 Å². The Balaban J connectivity index is 1.36. The van der Waals surface area contributed by atoms with Gasteiger partial charge in [0, 0.05) is 37.8 Å². The minimum Gasteiger partial charge on any atom is -0.497 e. The highest BCUT2D eigenvalue weighted by molar-refractivity contribution is 5.56. The van der Waals surface area contributed by atoms with Crippen LogP contribution in [0.4, 0.5) is 0 Å². The average molecular weight is 514 g/mol. The maximum atomic E-state index is 6.11. The lowest BCUT2D eigenvalue weighted by Crippen LogP contribution is -2.29. The van der Waals surface area contributed by atoms with Crippen molar-refractivity contribution in [2.24, 2.45) is 0 Å². The zero-order chi connectivity index (χ0) is 26.2. The van der Waals surface area contributed by atoms with Crippen LogP contribution in [0.25, 0.3) is 11.4 Å². The van der Waals surface area contributed by atoms with E-state index in [2.05, 4.69) is 52.8 Å². The molecule has 0 bridgehead atoms. The predicted octanol–water partition coefficient (Wildman–Crippen LogP) is 6.17. The van der Waals surface area contributed by atoms with Crippen LogP contribution in [0.1, 0.15) is 31.0 Å². The molecule has 0 saturated heterocycles. The van der Waals surface area contributed by atoms with E-state index in [0.717, 1.165) is 73.4 Å². The molecule has 3 aromatic carbocycles. The zero-order valence-electron chi connectivity index (χ0n) is 22.1. The van der Waals surface area contributed by atoms with Crippen LogP contribution < -0.4 is 18.9 Å². The monoisotopic (exact) mass is 513 g/mol. The summed E-state index contributed by atoms with van der Waals surface area (Å²) in [5.41, 5.74) is 3.50. The fourth-order valence-electron chi connectivity index (χ4n) is 4.64. The van der Waals surface area contributed by atoms with Crippen LogP contribution in [0.3, 0.4) is 0 Å². The minimum atomic E-state index is 0.274. The van der Waals surface area contributed by atoms with Gasteiger partial charge in [0.1, 0.15) is 23.9 Å². The molecule has 1 aliphatic rings. The lowest BCUT2D eigenvalue weighted by atomic mass is 10.2. The third kappa shape index (κ3) is 6.29. The van der Waals surface area contributed by atoms with Gasteiger partial charge in [-0.1, -0.05) is 55.8 Å². The number of unbranched alkanes of at least 4 members (excludes halogenated alkanes) is 1. The van der Waals surface area contributed by atoms with E-state index in [1.54, 1.807) is 7.11 Å². The van der Waals surface area contributed by atoms with Gasteiger partial charge in [0.15, 0.2) is 11.5 Å². The van der Waals surface area contributed by atoms with Crippen molar-refractivity contribution < 1.29 is 18.9 Å². The van der Waals surface area contributed by atoms with Crippen molar-refractivity contribution >= 4 is 0 Å². The Bertz CT molecular complexity index is 1320. The Labute approximate surface area is 224 Å². The van der Waals surface area contributed by atoms with Gasteiger partial charge in [0.25, 0.3) is 0 Å². The third-order valence-corrected chi connectivity index (χ3v) is 6.65. The lowest BCUT2D eigenvalue weighted by molar-refractivity contribution is 0.173. The van der Waals surface area contributed by atoms with Crippen molar-refractivity contribution in [2.75, 3.05) is 27.1 Å². The Morgan fingerprint density at radius 2 is 1.76 bits per heavy atom.